The van der Waals surface area contributed by atoms with Crippen LogP contribution in [0.3, 0.4) is 0 Å². The third-order valence-corrected chi connectivity index (χ3v) is 2.86. The van der Waals surface area contributed by atoms with Gasteiger partial charge in [-0.3, -0.25) is 4.90 Å². The van der Waals surface area contributed by atoms with Gasteiger partial charge in [0.05, 0.1) is 13.1 Å². The van der Waals surface area contributed by atoms with E-state index in [9.17, 15) is 8.78 Å². The van der Waals surface area contributed by atoms with Crippen LogP contribution < -0.4 is 5.73 Å². The van der Waals surface area contributed by atoms with Gasteiger partial charge in [-0.25, -0.2) is 13.8 Å². The third-order valence-electron chi connectivity index (χ3n) is 2.86. The second-order valence-electron chi connectivity index (χ2n) is 4.73. The number of halogens is 2. The molecule has 0 atom stereocenters. The van der Waals surface area contributed by atoms with Gasteiger partial charge in [-0.15, -0.1) is 0 Å². The van der Waals surface area contributed by atoms with Gasteiger partial charge in [0.25, 0.3) is 5.92 Å². The lowest BCUT2D eigenvalue weighted by molar-refractivity contribution is -0.130. The first-order valence-electron chi connectivity index (χ1n) is 5.78. The van der Waals surface area contributed by atoms with Crippen molar-refractivity contribution >= 4 is 5.82 Å². The van der Waals surface area contributed by atoms with Gasteiger partial charge in [0.1, 0.15) is 5.82 Å². The molecule has 0 saturated carbocycles. The molecule has 1 aromatic heterocycles. The van der Waals surface area contributed by atoms with Gasteiger partial charge in [0, 0.05) is 5.69 Å². The summed E-state index contributed by atoms with van der Waals surface area (Å²) in [4.78, 5) is 5.98. The Morgan fingerprint density at radius 3 is 2.71 bits per heavy atom. The molecule has 0 radical (unpaired) electrons. The van der Waals surface area contributed by atoms with Crippen LogP contribution in [0.25, 0.3) is 0 Å². The summed E-state index contributed by atoms with van der Waals surface area (Å²) in [6.07, 6.45) is 1.62. The number of aromatic nitrogens is 1. The van der Waals surface area contributed by atoms with E-state index in [4.69, 9.17) is 5.73 Å². The van der Waals surface area contributed by atoms with E-state index in [-0.39, 0.29) is 13.1 Å². The quantitative estimate of drug-likeness (QED) is 0.874. The molecule has 0 spiro atoms. The topological polar surface area (TPSA) is 42.1 Å². The Morgan fingerprint density at radius 2 is 2.12 bits per heavy atom. The molecule has 2 rings (SSSR count). The zero-order chi connectivity index (χ0) is 12.5. The van der Waals surface area contributed by atoms with Crippen LogP contribution in [-0.4, -0.2) is 35.4 Å². The number of pyridine rings is 1. The lowest BCUT2D eigenvalue weighted by Gasteiger charge is -2.38. The van der Waals surface area contributed by atoms with E-state index in [1.54, 1.807) is 4.90 Å². The predicted molar refractivity (Wildman–Crippen MR) is 63.1 cm³/mol. The van der Waals surface area contributed by atoms with Gasteiger partial charge in [-0.05, 0) is 44.0 Å². The van der Waals surface area contributed by atoms with Crippen molar-refractivity contribution in [3.63, 3.8) is 0 Å². The van der Waals surface area contributed by atoms with Crippen molar-refractivity contribution < 1.29 is 8.78 Å². The van der Waals surface area contributed by atoms with Gasteiger partial charge >= 0.3 is 0 Å². The number of hydrogen-bond acceptors (Lipinski definition) is 3. The number of nitrogen functional groups attached to an aromatic ring is 1. The summed E-state index contributed by atoms with van der Waals surface area (Å²) in [5.41, 5.74) is 7.67. The van der Waals surface area contributed by atoms with Crippen molar-refractivity contribution in [1.82, 2.24) is 9.88 Å². The van der Waals surface area contributed by atoms with Crippen LogP contribution in [0.5, 0.6) is 0 Å². The second kappa shape index (κ2) is 4.56. The maximum atomic E-state index is 12.6. The highest BCUT2D eigenvalue weighted by molar-refractivity contribution is 5.34. The van der Waals surface area contributed by atoms with E-state index in [1.165, 1.54) is 0 Å². The Balaban J connectivity index is 1.75. The van der Waals surface area contributed by atoms with Crippen LogP contribution in [-0.2, 0) is 6.42 Å². The summed E-state index contributed by atoms with van der Waals surface area (Å²) in [7, 11) is 0. The van der Waals surface area contributed by atoms with E-state index in [2.05, 4.69) is 4.98 Å². The minimum absolute atomic E-state index is 0.101. The van der Waals surface area contributed by atoms with E-state index in [1.807, 2.05) is 19.1 Å². The Bertz CT molecular complexity index is 378. The van der Waals surface area contributed by atoms with Crippen LogP contribution >= 0.6 is 0 Å². The van der Waals surface area contributed by atoms with Gasteiger partial charge < -0.3 is 5.73 Å². The molecule has 1 aliphatic heterocycles. The molecule has 0 bridgehead atoms. The van der Waals surface area contributed by atoms with Crippen LogP contribution in [0.1, 0.15) is 17.7 Å². The average Bonchev–Trinajstić information content (AvgIpc) is 2.13. The normalized spacial score (nSPS) is 19.0. The standard InChI is InChI=1S/C12H17F2N3/c1-9-5-10(16-11(15)6-9)3-2-4-17-7-12(13,14)8-17/h5-6H,2-4,7-8H2,1H3,(H2,15,16). The van der Waals surface area contributed by atoms with Gasteiger partial charge in [0.15, 0.2) is 0 Å². The Kier molecular flexibility index (Phi) is 3.28. The van der Waals surface area contributed by atoms with Crippen molar-refractivity contribution in [3.8, 4) is 0 Å². The molecule has 2 N–H and O–H groups in total. The molecule has 0 amide bonds. The summed E-state index contributed by atoms with van der Waals surface area (Å²) in [6, 6.07) is 3.81. The van der Waals surface area contributed by atoms with Crippen LogP contribution in [0.4, 0.5) is 14.6 Å². The zero-order valence-corrected chi connectivity index (χ0v) is 9.92. The molecule has 0 unspecified atom stereocenters. The number of anilines is 1. The molecule has 5 heteroatoms. The third kappa shape index (κ3) is 3.36. The van der Waals surface area contributed by atoms with Crippen molar-refractivity contribution in [2.75, 3.05) is 25.4 Å². The van der Waals surface area contributed by atoms with Gasteiger partial charge in [-0.2, -0.15) is 0 Å². The number of nitrogens with zero attached hydrogens (tertiary/aromatic N) is 2. The number of hydrogen-bond donors (Lipinski definition) is 1. The van der Waals surface area contributed by atoms with Crippen molar-refractivity contribution in [1.29, 1.82) is 0 Å². The predicted octanol–water partition coefficient (Wildman–Crippen LogP) is 1.86. The second-order valence-corrected chi connectivity index (χ2v) is 4.73. The molecule has 17 heavy (non-hydrogen) atoms. The Labute approximate surface area is 99.6 Å². The summed E-state index contributed by atoms with van der Waals surface area (Å²) in [6.45, 7) is 2.47. The maximum Gasteiger partial charge on any atom is 0.272 e. The van der Waals surface area contributed by atoms with Crippen LogP contribution in [0.15, 0.2) is 12.1 Å². The van der Waals surface area contributed by atoms with E-state index in [0.717, 1.165) is 24.1 Å². The summed E-state index contributed by atoms with van der Waals surface area (Å²) >= 11 is 0. The molecule has 0 aliphatic carbocycles. The molecule has 1 saturated heterocycles. The highest BCUT2D eigenvalue weighted by Crippen LogP contribution is 2.26. The molecule has 94 valence electrons. The zero-order valence-electron chi connectivity index (χ0n) is 9.92. The maximum absolute atomic E-state index is 12.6. The molecule has 1 fully saturated rings. The molecule has 1 aromatic rings. The minimum Gasteiger partial charge on any atom is -0.384 e. The first-order chi connectivity index (χ1) is 7.94. The molecule has 0 aromatic carbocycles. The largest absolute Gasteiger partial charge is 0.384 e. The van der Waals surface area contributed by atoms with Crippen LogP contribution in [0, 0.1) is 6.92 Å². The van der Waals surface area contributed by atoms with Gasteiger partial charge in [0.2, 0.25) is 0 Å². The lowest BCUT2D eigenvalue weighted by Crippen LogP contribution is -2.56. The Hall–Kier alpha value is -1.23. The van der Waals surface area contributed by atoms with Crippen LogP contribution in [0.2, 0.25) is 0 Å². The smallest absolute Gasteiger partial charge is 0.272 e. The van der Waals surface area contributed by atoms with E-state index >= 15 is 0 Å². The summed E-state index contributed by atoms with van der Waals surface area (Å²) < 4.78 is 25.1. The highest BCUT2D eigenvalue weighted by Gasteiger charge is 2.43. The lowest BCUT2D eigenvalue weighted by atomic mass is 10.1. The number of likely N-dealkylation sites (tertiary alicyclic amines) is 1. The first-order valence-corrected chi connectivity index (χ1v) is 5.78. The van der Waals surface area contributed by atoms with Gasteiger partial charge in [-0.1, -0.05) is 0 Å². The minimum atomic E-state index is -2.47. The fourth-order valence-corrected chi connectivity index (χ4v) is 2.15. The fraction of sp³-hybridized carbons (Fsp3) is 0.583. The first kappa shape index (κ1) is 12.2. The van der Waals surface area contributed by atoms with E-state index in [0.29, 0.717) is 12.4 Å². The summed E-state index contributed by atoms with van der Waals surface area (Å²) in [5, 5.41) is 0. The number of aryl methyl sites for hydroxylation is 2. The molecule has 1 aliphatic rings. The number of rotatable bonds is 4. The van der Waals surface area contributed by atoms with Crippen molar-refractivity contribution in [3.05, 3.63) is 23.4 Å². The Morgan fingerprint density at radius 1 is 1.41 bits per heavy atom. The monoisotopic (exact) mass is 241 g/mol. The summed E-state index contributed by atoms with van der Waals surface area (Å²) in [5.74, 6) is -1.94. The number of nitrogens with two attached hydrogens (primary N) is 1. The number of alkyl halides is 2. The van der Waals surface area contributed by atoms with Crippen molar-refractivity contribution in [2.45, 2.75) is 25.7 Å². The average molecular weight is 241 g/mol. The molecular formula is C12H17F2N3. The molecule has 3 nitrogen and oxygen atoms in total. The molecular weight excluding hydrogens is 224 g/mol. The highest BCUT2D eigenvalue weighted by atomic mass is 19.3. The molecule has 2 heterocycles. The van der Waals surface area contributed by atoms with E-state index < -0.39 is 5.92 Å². The van der Waals surface area contributed by atoms with Crippen molar-refractivity contribution in [2.24, 2.45) is 0 Å². The SMILES string of the molecule is Cc1cc(N)nc(CCCN2CC(F)(F)C2)c1. The fourth-order valence-electron chi connectivity index (χ4n) is 2.15.